The van der Waals surface area contributed by atoms with Gasteiger partial charge in [0.2, 0.25) is 0 Å². The average Bonchev–Trinajstić information content (AvgIpc) is 3.17. The van der Waals surface area contributed by atoms with Crippen LogP contribution in [0.2, 0.25) is 0 Å². The van der Waals surface area contributed by atoms with Gasteiger partial charge >= 0.3 is 0 Å². The maximum atomic E-state index is 7.14. The van der Waals surface area contributed by atoms with Crippen molar-refractivity contribution in [2.24, 2.45) is 0 Å². The summed E-state index contributed by atoms with van der Waals surface area (Å²) in [5.41, 5.74) is 13.4. The molecule has 0 saturated carbocycles. The third kappa shape index (κ3) is 2.97. The summed E-state index contributed by atoms with van der Waals surface area (Å²) in [5, 5.41) is 6.96. The van der Waals surface area contributed by atoms with Crippen LogP contribution < -0.4 is 0 Å². The Morgan fingerprint density at radius 2 is 0.680 bits per heavy atom. The number of para-hydroxylation sites is 2. The van der Waals surface area contributed by atoms with E-state index < -0.39 is 14.7 Å². The van der Waals surface area contributed by atoms with Crippen molar-refractivity contribution in [3.63, 3.8) is 0 Å². The van der Waals surface area contributed by atoms with E-state index in [1.165, 1.54) is 10.2 Å². The number of hydrogen-bond donors (Lipinski definition) is 0. The highest BCUT2D eigenvalue weighted by Crippen LogP contribution is 2.62. The molecule has 50 heavy (non-hydrogen) atoms. The monoisotopic (exact) mass is 680 g/mol. The lowest BCUT2D eigenvalue weighted by Gasteiger charge is -2.27. The molecule has 6 nitrogen and oxygen atoms in total. The fraction of sp³-hybridized carbons (Fsp3) is 0. The minimum Gasteiger partial charge on any atom is -0.455 e. The molecule has 2 unspecified atom stereocenters. The van der Waals surface area contributed by atoms with Crippen molar-refractivity contribution in [3.05, 3.63) is 133 Å². The van der Waals surface area contributed by atoms with E-state index in [0.29, 0.717) is 0 Å². The Bertz CT molecular complexity index is 3310. The topological polar surface area (TPSA) is 62.4 Å². The molecule has 7 aromatic carbocycles. The quantitative estimate of drug-likeness (QED) is 0.135. The van der Waals surface area contributed by atoms with Crippen LogP contribution in [0.5, 0.6) is 0 Å². The standard InChI is InChI=1S/C42H22N2O4P2/c1-3-11-23(12-4-1)43-25-15-7-17-27-37(25)49-39-29(45-27)19-9-21-31(39)47-35-36-42-34(33(43)41(35)49)44(24-13-5-2-6-14-24)26-16-8-18-28-38(26)50(42)40-30(46-28)20-10-22-32(40)48-36/h1-22H. The first-order chi connectivity index (χ1) is 24.8. The van der Waals surface area contributed by atoms with Crippen LogP contribution in [0, 0.1) is 0 Å². The lowest BCUT2D eigenvalue weighted by Crippen LogP contribution is -2.07. The number of fused-ring (bicyclic) bond motifs is 2. The fourth-order valence-electron chi connectivity index (χ4n) is 8.51. The predicted molar refractivity (Wildman–Crippen MR) is 206 cm³/mol. The SMILES string of the molecule is c1ccc(-n2c3cccc4oc5cccc6oc7c8oc9cccc%10oc%11cccc%12c%11p(c%109)c8c(c2c7p(c56)c43)n%12-c2ccccc2)cc1. The Morgan fingerprint density at radius 1 is 0.320 bits per heavy atom. The van der Waals surface area contributed by atoms with E-state index in [1.807, 2.05) is 12.1 Å². The van der Waals surface area contributed by atoms with E-state index in [2.05, 4.69) is 130 Å². The number of rotatable bonds is 2. The molecule has 0 aliphatic rings. The molecule has 8 heteroatoms. The largest absolute Gasteiger partial charge is 0.455 e. The zero-order valence-electron chi connectivity index (χ0n) is 26.1. The van der Waals surface area contributed by atoms with E-state index in [4.69, 9.17) is 17.7 Å². The summed E-state index contributed by atoms with van der Waals surface area (Å²) in [6, 6.07) is 46.7. The predicted octanol–water partition coefficient (Wildman–Crippen LogP) is 13.7. The molecule has 13 rings (SSSR count). The minimum atomic E-state index is -1.08. The first-order valence-electron chi connectivity index (χ1n) is 16.6. The third-order valence-corrected chi connectivity index (χ3v) is 15.6. The van der Waals surface area contributed by atoms with Gasteiger partial charge in [0.15, 0.2) is 11.2 Å². The zero-order chi connectivity index (χ0) is 32.2. The summed E-state index contributed by atoms with van der Waals surface area (Å²) in [6.07, 6.45) is 0. The molecular weight excluding hydrogens is 658 g/mol. The highest BCUT2D eigenvalue weighted by Gasteiger charge is 2.31. The Hall–Kier alpha value is -6.06. The Morgan fingerprint density at radius 3 is 1.10 bits per heavy atom. The first kappa shape index (κ1) is 25.9. The van der Waals surface area contributed by atoms with E-state index in [1.54, 1.807) is 0 Å². The van der Waals surface area contributed by atoms with Crippen LogP contribution in [0.15, 0.2) is 151 Å². The van der Waals surface area contributed by atoms with Crippen molar-refractivity contribution >= 4 is 112 Å². The van der Waals surface area contributed by atoms with E-state index >= 15 is 0 Å². The summed E-state index contributed by atoms with van der Waals surface area (Å²) in [6.45, 7) is 0. The van der Waals surface area contributed by atoms with Crippen LogP contribution in [0.1, 0.15) is 0 Å². The van der Waals surface area contributed by atoms with Gasteiger partial charge in [-0.05, 0) is 72.8 Å². The first-order valence-corrected chi connectivity index (χ1v) is 19.3. The molecule has 6 heterocycles. The van der Waals surface area contributed by atoms with Gasteiger partial charge < -0.3 is 26.8 Å². The second-order valence-electron chi connectivity index (χ2n) is 12.9. The highest BCUT2D eigenvalue weighted by molar-refractivity contribution is 7.65. The van der Waals surface area contributed by atoms with Gasteiger partial charge in [0.25, 0.3) is 0 Å². The van der Waals surface area contributed by atoms with Crippen LogP contribution in [-0.2, 0) is 0 Å². The van der Waals surface area contributed by atoms with Crippen molar-refractivity contribution in [1.82, 2.24) is 9.13 Å². The van der Waals surface area contributed by atoms with Gasteiger partial charge in [0.1, 0.15) is 33.5 Å². The van der Waals surface area contributed by atoms with Crippen LogP contribution >= 0.6 is 14.7 Å². The van der Waals surface area contributed by atoms with Gasteiger partial charge in [0.05, 0.1) is 52.8 Å². The van der Waals surface area contributed by atoms with Gasteiger partial charge in [-0.3, -0.25) is 0 Å². The summed E-state index contributed by atoms with van der Waals surface area (Å²) in [7, 11) is -2.16. The van der Waals surface area contributed by atoms with Crippen molar-refractivity contribution in [2.75, 3.05) is 0 Å². The normalized spacial score (nSPS) is 13.5. The molecule has 234 valence electrons. The maximum Gasteiger partial charge on any atom is 0.184 e. The van der Waals surface area contributed by atoms with Gasteiger partial charge in [-0.2, -0.15) is 0 Å². The Labute approximate surface area is 282 Å². The van der Waals surface area contributed by atoms with E-state index in [0.717, 1.165) is 98.6 Å². The van der Waals surface area contributed by atoms with Crippen molar-refractivity contribution in [1.29, 1.82) is 0 Å². The Balaban J connectivity index is 1.50. The molecule has 0 radical (unpaired) electrons. The lowest BCUT2D eigenvalue weighted by atomic mass is 10.2. The van der Waals surface area contributed by atoms with Crippen LogP contribution in [0.4, 0.5) is 0 Å². The van der Waals surface area contributed by atoms with Gasteiger partial charge in [-0.25, -0.2) is 0 Å². The third-order valence-electron chi connectivity index (χ3n) is 10.4. The summed E-state index contributed by atoms with van der Waals surface area (Å²) in [5.74, 6) is 0. The molecule has 0 bridgehead atoms. The van der Waals surface area contributed by atoms with Crippen molar-refractivity contribution < 1.29 is 17.7 Å². The Kier molecular flexibility index (Phi) is 4.63. The molecule has 0 aliphatic heterocycles. The van der Waals surface area contributed by atoms with Crippen LogP contribution in [0.25, 0.3) is 109 Å². The fourth-order valence-corrected chi connectivity index (χ4v) is 14.2. The molecule has 0 spiro atoms. The molecule has 6 aromatic heterocycles. The zero-order valence-corrected chi connectivity index (χ0v) is 27.9. The van der Waals surface area contributed by atoms with Crippen LogP contribution in [-0.4, -0.2) is 9.13 Å². The summed E-state index contributed by atoms with van der Waals surface area (Å²) in [4.78, 5) is 0. The highest BCUT2D eigenvalue weighted by atomic mass is 31.1. The molecule has 0 N–H and O–H groups in total. The number of benzene rings is 7. The van der Waals surface area contributed by atoms with Gasteiger partial charge in [-0.15, -0.1) is 0 Å². The van der Waals surface area contributed by atoms with Crippen molar-refractivity contribution in [3.8, 4) is 11.4 Å². The van der Waals surface area contributed by atoms with Gasteiger partial charge in [0, 0.05) is 11.4 Å². The van der Waals surface area contributed by atoms with E-state index in [-0.39, 0.29) is 0 Å². The number of aromatic nitrogens is 2. The second kappa shape index (κ2) is 8.94. The molecule has 13 aromatic rings. The average molecular weight is 681 g/mol. The summed E-state index contributed by atoms with van der Waals surface area (Å²) >= 11 is 0. The van der Waals surface area contributed by atoms with Gasteiger partial charge in [-0.1, -0.05) is 75.3 Å². The molecule has 0 saturated heterocycles. The second-order valence-corrected chi connectivity index (χ2v) is 17.0. The lowest BCUT2D eigenvalue weighted by molar-refractivity contribution is 0.623. The van der Waals surface area contributed by atoms with Crippen molar-refractivity contribution in [2.45, 2.75) is 0 Å². The summed E-state index contributed by atoms with van der Waals surface area (Å²) < 4.78 is 32.5. The molecule has 0 aliphatic carbocycles. The molecular formula is C42H22N2O4P2. The molecule has 0 amide bonds. The number of nitrogens with zero attached hydrogens (tertiary/aromatic N) is 2. The number of hydrogen-bond acceptors (Lipinski definition) is 4. The maximum absolute atomic E-state index is 7.14. The van der Waals surface area contributed by atoms with Crippen LogP contribution in [0.3, 0.4) is 0 Å². The molecule has 0 fully saturated rings. The minimum absolute atomic E-state index is 0.803. The smallest absolute Gasteiger partial charge is 0.184 e. The van der Waals surface area contributed by atoms with E-state index in [9.17, 15) is 0 Å². The molecule has 2 atom stereocenters.